The van der Waals surface area contributed by atoms with Crippen molar-refractivity contribution >= 4 is 42.2 Å². The summed E-state index contributed by atoms with van der Waals surface area (Å²) in [6, 6.07) is 0.722. The second kappa shape index (κ2) is 4.32. The molecule has 11 nitrogen and oxygen atoms in total. The monoisotopic (exact) mass is 453 g/mol. The van der Waals surface area contributed by atoms with Gasteiger partial charge in [-0.25, -0.2) is 0 Å². The summed E-state index contributed by atoms with van der Waals surface area (Å²) in [6.07, 6.45) is 0. The molecule has 2 N–H and O–H groups in total. The Morgan fingerprint density at radius 1 is 1.17 bits per heavy atom. The minimum atomic E-state index is -2.52. The van der Waals surface area contributed by atoms with Gasteiger partial charge in [-0.05, 0) is 0 Å². The third-order valence-electron chi connectivity index (χ3n) is 2.02. The van der Waals surface area contributed by atoms with Crippen LogP contribution in [0.2, 0.25) is 0 Å². The molecule has 2 rings (SSSR count). The van der Waals surface area contributed by atoms with Gasteiger partial charge in [-0.1, -0.05) is 0 Å². The molecule has 0 saturated heterocycles. The summed E-state index contributed by atoms with van der Waals surface area (Å²) in [7, 11) is 0. The third-order valence-corrected chi connectivity index (χ3v) is 3.89. The van der Waals surface area contributed by atoms with E-state index in [9.17, 15) is 30.1 Å². The van der Waals surface area contributed by atoms with E-state index in [1.807, 2.05) is 0 Å². The van der Waals surface area contributed by atoms with E-state index in [1.54, 1.807) is 0 Å². The molecule has 1 heterocycles. The van der Waals surface area contributed by atoms with Gasteiger partial charge in [0.15, 0.2) is 0 Å². The third kappa shape index (κ3) is 1.81. The van der Waals surface area contributed by atoms with Crippen LogP contribution in [0.4, 0.5) is 17.1 Å². The molecular formula is C6H3N3O8Pb+2. The average Bonchev–Trinajstić information content (AvgIpc) is 2.26. The van der Waals surface area contributed by atoms with Crippen LogP contribution in [0.1, 0.15) is 0 Å². The van der Waals surface area contributed by atoms with Crippen molar-refractivity contribution in [1.82, 2.24) is 0 Å². The molecule has 1 aromatic rings. The van der Waals surface area contributed by atoms with Crippen molar-refractivity contribution in [2.45, 2.75) is 0 Å². The van der Waals surface area contributed by atoms with Gasteiger partial charge in [0.2, 0.25) is 0 Å². The van der Waals surface area contributed by atoms with Crippen molar-refractivity contribution in [2.24, 2.45) is 0 Å². The predicted octanol–water partition coefficient (Wildman–Crippen LogP) is 0.238. The van der Waals surface area contributed by atoms with E-state index in [1.165, 1.54) is 0 Å². The van der Waals surface area contributed by atoms with Crippen molar-refractivity contribution in [3.63, 3.8) is 0 Å². The molecule has 1 aliphatic rings. The first kappa shape index (κ1) is 12.4. The fourth-order valence-corrected chi connectivity index (χ4v) is 2.68. The van der Waals surface area contributed by atoms with E-state index in [0.29, 0.717) is 0 Å². The number of hydrogen-bond acceptors (Lipinski definition) is 8. The molecule has 0 amide bonds. The predicted molar refractivity (Wildman–Crippen MR) is 50.9 cm³/mol. The second-order valence-electron chi connectivity index (χ2n) is 3.00. The minimum absolute atomic E-state index is 0.179. The molecular weight excluding hydrogens is 449 g/mol. The van der Waals surface area contributed by atoms with Crippen molar-refractivity contribution in [2.75, 3.05) is 0 Å². The molecule has 0 atom stereocenters. The zero-order valence-corrected chi connectivity index (χ0v) is 12.2. The van der Waals surface area contributed by atoms with Gasteiger partial charge in [0.1, 0.15) is 0 Å². The van der Waals surface area contributed by atoms with Gasteiger partial charge in [0, 0.05) is 0 Å². The number of benzene rings is 1. The maximum absolute atomic E-state index is 11.3. The molecule has 92 valence electrons. The fraction of sp³-hybridized carbons (Fsp3) is 0. The normalized spacial score (nSPS) is 14.2. The summed E-state index contributed by atoms with van der Waals surface area (Å²) in [6.45, 7) is 0. The standard InChI is InChI=1S/C6H3N3O8.Pb/c10-5-2(7(12)13)1-3(8(14)15)6(11)4(5)9(16)17;/h1,10-11H;/q;+2. The van der Waals surface area contributed by atoms with Crippen LogP contribution in [0.5, 0.6) is 11.5 Å². The number of aromatic hydroxyl groups is 2. The van der Waals surface area contributed by atoms with E-state index in [0.717, 1.165) is 6.07 Å². The maximum atomic E-state index is 11.3. The van der Waals surface area contributed by atoms with Crippen molar-refractivity contribution in [1.29, 1.82) is 0 Å². The summed E-state index contributed by atoms with van der Waals surface area (Å²) >= 11 is -2.52. The molecule has 1 aromatic carbocycles. The van der Waals surface area contributed by atoms with E-state index in [2.05, 4.69) is 5.58 Å². The van der Waals surface area contributed by atoms with Crippen LogP contribution in [-0.4, -0.2) is 50.1 Å². The molecule has 12 heteroatoms. The number of phenolic OH excluding ortho intramolecular Hbond substituents is 2. The van der Waals surface area contributed by atoms with Crippen LogP contribution in [0.25, 0.3) is 0 Å². The topological polar surface area (TPSA) is 142 Å². The summed E-state index contributed by atoms with van der Waals surface area (Å²) in [5.74, 6) is -2.18. The van der Waals surface area contributed by atoms with Crippen LogP contribution in [0, 0.1) is 19.9 Å². The number of fused-ring (bicyclic) bond motifs is 2. The van der Waals surface area contributed by atoms with E-state index in [-0.39, 0.29) is 9.85 Å². The second-order valence-corrected chi connectivity index (χ2v) is 5.07. The van der Waals surface area contributed by atoms with Gasteiger partial charge in [-0.3, -0.25) is 0 Å². The molecule has 18 heavy (non-hydrogen) atoms. The van der Waals surface area contributed by atoms with Crippen LogP contribution >= 0.6 is 0 Å². The van der Waals surface area contributed by atoms with Gasteiger partial charge < -0.3 is 0 Å². The fourth-order valence-electron chi connectivity index (χ4n) is 1.25. The molecule has 0 unspecified atom stereocenters. The summed E-state index contributed by atoms with van der Waals surface area (Å²) in [4.78, 5) is 31.8. The van der Waals surface area contributed by atoms with Gasteiger partial charge in [-0.2, -0.15) is 0 Å². The number of phenols is 2. The summed E-state index contributed by atoms with van der Waals surface area (Å²) < 4.78 is 8.98. The van der Waals surface area contributed by atoms with Gasteiger partial charge in [-0.15, -0.1) is 0 Å². The first-order chi connectivity index (χ1) is 8.43. The Bertz CT molecular complexity index is 546. The zero-order chi connectivity index (χ0) is 13.4. The van der Waals surface area contributed by atoms with E-state index < -0.39 is 58.6 Å². The molecule has 0 saturated carbocycles. The molecule has 0 fully saturated rings. The quantitative estimate of drug-likeness (QED) is 0.351. The zero-order valence-electron chi connectivity index (χ0n) is 8.26. The van der Waals surface area contributed by atoms with Gasteiger partial charge in [0.05, 0.1) is 0 Å². The van der Waals surface area contributed by atoms with Crippen molar-refractivity contribution in [3.05, 3.63) is 26.0 Å². The van der Waals surface area contributed by atoms with E-state index in [4.69, 9.17) is 0 Å². The van der Waals surface area contributed by atoms with Crippen LogP contribution in [0.3, 0.4) is 0 Å². The number of hydrogen-bond donors (Lipinski definition) is 2. The molecule has 2 radical (unpaired) electrons. The molecule has 2 bridgehead atoms. The van der Waals surface area contributed by atoms with Crippen LogP contribution < -0.4 is 0 Å². The van der Waals surface area contributed by atoms with Crippen molar-refractivity contribution < 1.29 is 30.6 Å². The molecule has 0 spiro atoms. The Morgan fingerprint density at radius 2 is 1.61 bits per heavy atom. The van der Waals surface area contributed by atoms with E-state index >= 15 is 0 Å². The number of nitro benzene ring substituents is 1. The Hall–Kier alpha value is -2.06. The van der Waals surface area contributed by atoms with Gasteiger partial charge >= 0.3 is 110 Å². The Kier molecular flexibility index (Phi) is 2.97. The Balaban J connectivity index is 2.82. The first-order valence-corrected chi connectivity index (χ1v) is 7.37. The molecule has 0 aliphatic carbocycles. The number of nitro groups is 1. The Morgan fingerprint density at radius 3 is 2.00 bits per heavy atom. The average molecular weight is 452 g/mol. The van der Waals surface area contributed by atoms with Crippen molar-refractivity contribution in [3.8, 4) is 11.5 Å². The molecule has 0 aromatic heterocycles. The van der Waals surface area contributed by atoms with Gasteiger partial charge in [0.25, 0.3) is 0 Å². The number of rotatable bonds is 1. The van der Waals surface area contributed by atoms with Crippen LogP contribution in [-0.2, 0) is 5.58 Å². The Labute approximate surface area is 110 Å². The SMILES string of the molecule is O=[N+]([O-])c1c(O)c2cc(c1O)[N+](=O)[O][Pb][O][N+]2=O. The summed E-state index contributed by atoms with van der Waals surface area (Å²) in [5, 5.41) is 29.7. The van der Waals surface area contributed by atoms with Crippen LogP contribution in [0.15, 0.2) is 6.07 Å². The number of nitrogens with zero attached hydrogens (tertiary/aromatic N) is 3. The summed E-state index contributed by atoms with van der Waals surface area (Å²) in [5.41, 5.74) is -2.47. The molecule has 1 aliphatic heterocycles. The first-order valence-electron chi connectivity index (χ1n) is 4.20.